The standard InChI is InChI=1S/C17H19N3O3/c1-17(2,3)20(16(22)23)14(12-8-4-6-10-18-12)15(21)13-9-5-7-11-19-13/h4-11,14H,1-3H3,(H,22,23). The van der Waals surface area contributed by atoms with E-state index >= 15 is 0 Å². The van der Waals surface area contributed by atoms with Gasteiger partial charge in [0.1, 0.15) is 11.7 Å². The van der Waals surface area contributed by atoms with Crippen LogP contribution in [0.15, 0.2) is 48.8 Å². The van der Waals surface area contributed by atoms with Crippen LogP contribution in [0, 0.1) is 0 Å². The van der Waals surface area contributed by atoms with Crippen LogP contribution in [0.25, 0.3) is 0 Å². The minimum absolute atomic E-state index is 0.207. The number of aromatic nitrogens is 2. The summed E-state index contributed by atoms with van der Waals surface area (Å²) in [5.41, 5.74) is -0.197. The summed E-state index contributed by atoms with van der Waals surface area (Å²) in [7, 11) is 0. The van der Waals surface area contributed by atoms with Crippen LogP contribution in [0.2, 0.25) is 0 Å². The molecule has 1 N–H and O–H groups in total. The first kappa shape index (κ1) is 16.6. The maximum atomic E-state index is 12.9. The van der Waals surface area contributed by atoms with Gasteiger partial charge in [0, 0.05) is 17.9 Å². The number of ketones is 1. The molecule has 0 bridgehead atoms. The SMILES string of the molecule is CC(C)(C)N(C(=O)O)C(C(=O)c1ccccn1)c1ccccn1. The number of pyridine rings is 2. The normalized spacial score (nSPS) is 12.5. The Kier molecular flexibility index (Phi) is 4.74. The number of carboxylic acid groups (broad SMARTS) is 1. The number of Topliss-reactive ketones (excluding diaryl/α,β-unsaturated/α-hetero) is 1. The van der Waals surface area contributed by atoms with Gasteiger partial charge in [-0.05, 0) is 45.0 Å². The molecule has 1 atom stereocenters. The van der Waals surface area contributed by atoms with Gasteiger partial charge >= 0.3 is 6.09 Å². The van der Waals surface area contributed by atoms with Crippen LogP contribution in [0.1, 0.15) is 43.0 Å². The third-order valence-corrected chi connectivity index (χ3v) is 3.32. The molecule has 120 valence electrons. The van der Waals surface area contributed by atoms with Crippen LogP contribution >= 0.6 is 0 Å². The summed E-state index contributed by atoms with van der Waals surface area (Å²) in [6.45, 7) is 5.22. The van der Waals surface area contributed by atoms with Crippen LogP contribution < -0.4 is 0 Å². The lowest BCUT2D eigenvalue weighted by atomic mass is 9.97. The monoisotopic (exact) mass is 313 g/mol. The van der Waals surface area contributed by atoms with Crippen molar-refractivity contribution in [1.29, 1.82) is 0 Å². The highest BCUT2D eigenvalue weighted by atomic mass is 16.4. The summed E-state index contributed by atoms with van der Waals surface area (Å²) >= 11 is 0. The highest BCUT2D eigenvalue weighted by Gasteiger charge is 2.40. The van der Waals surface area contributed by atoms with Gasteiger partial charge in [0.05, 0.1) is 5.69 Å². The van der Waals surface area contributed by atoms with Crippen LogP contribution in [0.5, 0.6) is 0 Å². The summed E-state index contributed by atoms with van der Waals surface area (Å²) < 4.78 is 0. The molecule has 0 saturated carbocycles. The molecule has 6 nitrogen and oxygen atoms in total. The molecule has 0 saturated heterocycles. The van der Waals surface area contributed by atoms with E-state index in [0.29, 0.717) is 5.69 Å². The van der Waals surface area contributed by atoms with Crippen molar-refractivity contribution < 1.29 is 14.7 Å². The van der Waals surface area contributed by atoms with E-state index in [-0.39, 0.29) is 5.69 Å². The summed E-state index contributed by atoms with van der Waals surface area (Å²) in [5.74, 6) is -0.401. The van der Waals surface area contributed by atoms with Gasteiger partial charge in [-0.3, -0.25) is 19.7 Å². The maximum Gasteiger partial charge on any atom is 0.408 e. The summed E-state index contributed by atoms with van der Waals surface area (Å²) in [5, 5.41) is 9.66. The number of carbonyl (C=O) groups is 2. The summed E-state index contributed by atoms with van der Waals surface area (Å²) in [6.07, 6.45) is 1.86. The van der Waals surface area contributed by atoms with Gasteiger partial charge in [0.25, 0.3) is 0 Å². The van der Waals surface area contributed by atoms with Crippen LogP contribution in [0.3, 0.4) is 0 Å². The quantitative estimate of drug-likeness (QED) is 0.876. The fourth-order valence-electron chi connectivity index (χ4n) is 2.35. The second-order valence-electron chi connectivity index (χ2n) is 6.06. The molecule has 2 aromatic heterocycles. The molecular formula is C17H19N3O3. The third-order valence-electron chi connectivity index (χ3n) is 3.32. The van der Waals surface area contributed by atoms with Crippen LogP contribution in [0.4, 0.5) is 4.79 Å². The predicted molar refractivity (Wildman–Crippen MR) is 85.2 cm³/mol. The minimum Gasteiger partial charge on any atom is -0.465 e. The zero-order valence-corrected chi connectivity index (χ0v) is 13.3. The predicted octanol–water partition coefficient (Wildman–Crippen LogP) is 3.18. The molecule has 1 amide bonds. The molecule has 6 heteroatoms. The first-order valence-corrected chi connectivity index (χ1v) is 7.21. The van der Waals surface area contributed by atoms with Gasteiger partial charge in [-0.2, -0.15) is 0 Å². The van der Waals surface area contributed by atoms with E-state index in [0.717, 1.165) is 4.90 Å². The number of hydrogen-bond donors (Lipinski definition) is 1. The maximum absolute atomic E-state index is 12.9. The number of amides is 1. The smallest absolute Gasteiger partial charge is 0.408 e. The van der Waals surface area contributed by atoms with Gasteiger partial charge in [-0.15, -0.1) is 0 Å². The summed E-state index contributed by atoms with van der Waals surface area (Å²) in [6, 6.07) is 9.00. The van der Waals surface area contributed by atoms with E-state index in [1.54, 1.807) is 57.2 Å². The Morgan fingerprint density at radius 1 is 1.04 bits per heavy atom. The number of carbonyl (C=O) groups excluding carboxylic acids is 1. The lowest BCUT2D eigenvalue weighted by Crippen LogP contribution is -2.50. The fraction of sp³-hybridized carbons (Fsp3) is 0.294. The average molecular weight is 313 g/mol. The molecule has 1 unspecified atom stereocenters. The molecule has 23 heavy (non-hydrogen) atoms. The van der Waals surface area contributed by atoms with Gasteiger partial charge < -0.3 is 5.11 Å². The Labute approximate surface area is 134 Å². The molecule has 0 aromatic carbocycles. The Balaban J connectivity index is 2.57. The number of hydrogen-bond acceptors (Lipinski definition) is 4. The Hall–Kier alpha value is -2.76. The van der Waals surface area contributed by atoms with Crippen molar-refractivity contribution in [2.75, 3.05) is 0 Å². The zero-order chi connectivity index (χ0) is 17.0. The van der Waals surface area contributed by atoms with Crippen molar-refractivity contribution in [3.63, 3.8) is 0 Å². The minimum atomic E-state index is -1.18. The molecule has 0 fully saturated rings. The number of nitrogens with zero attached hydrogens (tertiary/aromatic N) is 3. The van der Waals surface area contributed by atoms with E-state index in [9.17, 15) is 14.7 Å². The summed E-state index contributed by atoms with van der Waals surface area (Å²) in [4.78, 5) is 34.1. The molecule has 0 aliphatic heterocycles. The van der Waals surface area contributed by atoms with Crippen molar-refractivity contribution in [3.05, 3.63) is 60.2 Å². The van der Waals surface area contributed by atoms with Crippen LogP contribution in [-0.2, 0) is 0 Å². The van der Waals surface area contributed by atoms with E-state index < -0.39 is 23.5 Å². The second-order valence-corrected chi connectivity index (χ2v) is 6.06. The van der Waals surface area contributed by atoms with Crippen molar-refractivity contribution in [2.45, 2.75) is 32.4 Å². The topological polar surface area (TPSA) is 83.4 Å². The highest BCUT2D eigenvalue weighted by Crippen LogP contribution is 2.30. The molecular weight excluding hydrogens is 294 g/mol. The van der Waals surface area contributed by atoms with Gasteiger partial charge in [-0.1, -0.05) is 12.1 Å². The van der Waals surface area contributed by atoms with Crippen molar-refractivity contribution in [3.8, 4) is 0 Å². The fourth-order valence-corrected chi connectivity index (χ4v) is 2.35. The highest BCUT2D eigenvalue weighted by molar-refractivity contribution is 6.00. The largest absolute Gasteiger partial charge is 0.465 e. The van der Waals surface area contributed by atoms with Crippen molar-refractivity contribution in [2.24, 2.45) is 0 Å². The lowest BCUT2D eigenvalue weighted by Gasteiger charge is -2.38. The lowest BCUT2D eigenvalue weighted by molar-refractivity contribution is 0.0535. The second kappa shape index (κ2) is 6.56. The zero-order valence-electron chi connectivity index (χ0n) is 13.3. The Morgan fingerprint density at radius 2 is 1.65 bits per heavy atom. The molecule has 2 heterocycles. The van der Waals surface area contributed by atoms with Gasteiger partial charge in [0.2, 0.25) is 5.78 Å². The van der Waals surface area contributed by atoms with E-state index in [1.807, 2.05) is 0 Å². The van der Waals surface area contributed by atoms with E-state index in [2.05, 4.69) is 9.97 Å². The van der Waals surface area contributed by atoms with Crippen molar-refractivity contribution >= 4 is 11.9 Å². The first-order chi connectivity index (χ1) is 10.8. The molecule has 2 aromatic rings. The molecule has 0 aliphatic rings. The molecule has 0 spiro atoms. The van der Waals surface area contributed by atoms with E-state index in [1.165, 1.54) is 12.4 Å². The average Bonchev–Trinajstić information content (AvgIpc) is 2.52. The third kappa shape index (κ3) is 3.71. The Bertz CT molecular complexity index is 681. The molecule has 0 aliphatic carbocycles. The molecule has 0 radical (unpaired) electrons. The molecule has 2 rings (SSSR count). The van der Waals surface area contributed by atoms with Crippen molar-refractivity contribution in [1.82, 2.24) is 14.9 Å². The van der Waals surface area contributed by atoms with Crippen LogP contribution in [-0.4, -0.2) is 37.4 Å². The number of rotatable bonds is 4. The van der Waals surface area contributed by atoms with E-state index in [4.69, 9.17) is 0 Å². The Morgan fingerprint density at radius 3 is 2.09 bits per heavy atom. The first-order valence-electron chi connectivity index (χ1n) is 7.21. The van der Waals surface area contributed by atoms with Gasteiger partial charge in [0.15, 0.2) is 0 Å². The van der Waals surface area contributed by atoms with Gasteiger partial charge in [-0.25, -0.2) is 4.79 Å².